The highest BCUT2D eigenvalue weighted by molar-refractivity contribution is 7.92. The van der Waals surface area contributed by atoms with E-state index in [-0.39, 0.29) is 28.3 Å². The number of hydrogen-bond acceptors (Lipinski definition) is 7. The average molecular weight is 460 g/mol. The Morgan fingerprint density at radius 1 is 0.909 bits per heavy atom. The van der Waals surface area contributed by atoms with Crippen molar-refractivity contribution in [1.29, 1.82) is 0 Å². The Kier molecular flexibility index (Phi) is 4.98. The van der Waals surface area contributed by atoms with E-state index >= 15 is 0 Å². The Balaban J connectivity index is 1.43. The van der Waals surface area contributed by atoms with E-state index < -0.39 is 21.8 Å². The van der Waals surface area contributed by atoms with Crippen LogP contribution >= 0.6 is 0 Å². The van der Waals surface area contributed by atoms with E-state index in [4.69, 9.17) is 4.42 Å². The quantitative estimate of drug-likeness (QED) is 0.438. The molecule has 0 radical (unpaired) electrons. The van der Waals surface area contributed by atoms with Gasteiger partial charge in [0, 0.05) is 18.0 Å². The summed E-state index contributed by atoms with van der Waals surface area (Å²) in [7, 11) is -4.02. The van der Waals surface area contributed by atoms with Crippen molar-refractivity contribution in [2.45, 2.75) is 11.4 Å². The van der Waals surface area contributed by atoms with E-state index in [2.05, 4.69) is 14.7 Å². The Labute approximate surface area is 188 Å². The third kappa shape index (κ3) is 3.76. The molecule has 10 heteroatoms. The standard InChI is InChI=1S/C23H16N4O5S/c28-22-18-2-1-3-19(21(18)23(29)27(22)13-15-8-10-24-11-9-15)26-33(30,31)17-6-4-16(5-7-17)20-12-25-14-32-20/h1-12,14,26H,13H2. The monoisotopic (exact) mass is 460 g/mol. The zero-order valence-corrected chi connectivity index (χ0v) is 17.8. The molecule has 0 aliphatic carbocycles. The van der Waals surface area contributed by atoms with Crippen LogP contribution in [0.3, 0.4) is 0 Å². The van der Waals surface area contributed by atoms with Crippen molar-refractivity contribution in [2.75, 3.05) is 4.72 Å². The summed E-state index contributed by atoms with van der Waals surface area (Å²) >= 11 is 0. The number of pyridine rings is 1. The van der Waals surface area contributed by atoms with Crippen LogP contribution < -0.4 is 4.72 Å². The van der Waals surface area contributed by atoms with Gasteiger partial charge in [-0.3, -0.25) is 24.2 Å². The van der Waals surface area contributed by atoms with Gasteiger partial charge in [-0.15, -0.1) is 0 Å². The first-order chi connectivity index (χ1) is 15.9. The number of rotatable bonds is 6. The van der Waals surface area contributed by atoms with Crippen LogP contribution in [0.5, 0.6) is 0 Å². The van der Waals surface area contributed by atoms with E-state index in [0.717, 1.165) is 10.5 Å². The van der Waals surface area contributed by atoms with E-state index in [1.807, 2.05) is 0 Å². The number of benzene rings is 2. The Bertz CT molecular complexity index is 1450. The fraction of sp³-hybridized carbons (Fsp3) is 0.0435. The van der Waals surface area contributed by atoms with Crippen molar-refractivity contribution in [1.82, 2.24) is 14.9 Å². The lowest BCUT2D eigenvalue weighted by Gasteiger charge is -2.14. The zero-order valence-electron chi connectivity index (χ0n) is 17.0. The molecule has 0 saturated carbocycles. The molecule has 0 spiro atoms. The third-order valence-corrected chi connectivity index (χ3v) is 6.60. The van der Waals surface area contributed by atoms with Crippen LogP contribution in [-0.2, 0) is 16.6 Å². The van der Waals surface area contributed by atoms with Crippen LogP contribution in [0.15, 0.2) is 88.9 Å². The van der Waals surface area contributed by atoms with Gasteiger partial charge in [-0.05, 0) is 54.1 Å². The molecule has 2 aromatic heterocycles. The van der Waals surface area contributed by atoms with Crippen LogP contribution in [0.1, 0.15) is 26.3 Å². The maximum Gasteiger partial charge on any atom is 0.264 e. The van der Waals surface area contributed by atoms with Gasteiger partial charge in [-0.2, -0.15) is 0 Å². The smallest absolute Gasteiger partial charge is 0.264 e. The number of amides is 2. The van der Waals surface area contributed by atoms with Crippen molar-refractivity contribution in [3.05, 3.63) is 96.3 Å². The summed E-state index contributed by atoms with van der Waals surface area (Å²) in [5.41, 5.74) is 1.61. The number of carbonyl (C=O) groups excluding carboxylic acids is 2. The lowest BCUT2D eigenvalue weighted by Crippen LogP contribution is -2.29. The van der Waals surface area contributed by atoms with Gasteiger partial charge >= 0.3 is 0 Å². The van der Waals surface area contributed by atoms with Crippen molar-refractivity contribution in [3.8, 4) is 11.3 Å². The van der Waals surface area contributed by atoms with E-state index in [1.165, 1.54) is 42.9 Å². The number of hydrogen-bond donors (Lipinski definition) is 1. The number of oxazole rings is 1. The lowest BCUT2D eigenvalue weighted by molar-refractivity contribution is 0.0642. The van der Waals surface area contributed by atoms with Crippen LogP contribution in [-0.4, -0.2) is 35.1 Å². The molecule has 0 atom stereocenters. The minimum Gasteiger partial charge on any atom is -0.444 e. The molecule has 0 unspecified atom stereocenters. The maximum atomic E-state index is 13.1. The number of sulfonamides is 1. The van der Waals surface area contributed by atoms with Gasteiger partial charge in [0.2, 0.25) is 0 Å². The fourth-order valence-electron chi connectivity index (χ4n) is 3.59. The largest absolute Gasteiger partial charge is 0.444 e. The van der Waals surface area contributed by atoms with Crippen molar-refractivity contribution in [3.63, 3.8) is 0 Å². The van der Waals surface area contributed by atoms with Gasteiger partial charge in [0.05, 0.1) is 34.5 Å². The topological polar surface area (TPSA) is 122 Å². The fourth-order valence-corrected chi connectivity index (χ4v) is 4.67. The second-order valence-electron chi connectivity index (χ2n) is 7.28. The van der Waals surface area contributed by atoms with Gasteiger partial charge in [0.25, 0.3) is 21.8 Å². The van der Waals surface area contributed by atoms with E-state index in [1.54, 1.807) is 36.7 Å². The second-order valence-corrected chi connectivity index (χ2v) is 8.96. The summed E-state index contributed by atoms with van der Waals surface area (Å²) in [5, 5.41) is 0. The van der Waals surface area contributed by atoms with Crippen LogP contribution in [0.4, 0.5) is 5.69 Å². The van der Waals surface area contributed by atoms with Crippen molar-refractivity contribution < 1.29 is 22.4 Å². The summed E-state index contributed by atoms with van der Waals surface area (Å²) in [5.74, 6) is -0.541. The van der Waals surface area contributed by atoms with Gasteiger partial charge in [-0.25, -0.2) is 13.4 Å². The molecule has 3 heterocycles. The van der Waals surface area contributed by atoms with Gasteiger partial charge in [0.15, 0.2) is 12.2 Å². The molecule has 9 nitrogen and oxygen atoms in total. The molecule has 1 aliphatic rings. The Morgan fingerprint density at radius 2 is 1.67 bits per heavy atom. The number of nitrogens with one attached hydrogen (secondary N) is 1. The van der Waals surface area contributed by atoms with Gasteiger partial charge in [0.1, 0.15) is 0 Å². The van der Waals surface area contributed by atoms with Crippen molar-refractivity contribution in [2.24, 2.45) is 0 Å². The molecular weight excluding hydrogens is 444 g/mol. The first-order valence-electron chi connectivity index (χ1n) is 9.84. The summed E-state index contributed by atoms with van der Waals surface area (Å²) in [4.78, 5) is 34.8. The number of anilines is 1. The maximum absolute atomic E-state index is 13.1. The lowest BCUT2D eigenvalue weighted by atomic mass is 10.1. The highest BCUT2D eigenvalue weighted by Crippen LogP contribution is 2.32. The van der Waals surface area contributed by atoms with Crippen molar-refractivity contribution >= 4 is 27.5 Å². The minimum atomic E-state index is -4.02. The van der Waals surface area contributed by atoms with Crippen LogP contribution in [0, 0.1) is 0 Å². The molecule has 164 valence electrons. The molecule has 2 aromatic carbocycles. The third-order valence-electron chi connectivity index (χ3n) is 5.21. The molecule has 5 rings (SSSR count). The molecule has 1 aliphatic heterocycles. The normalized spacial score (nSPS) is 13.3. The number of imide groups is 1. The molecule has 2 amide bonds. The Morgan fingerprint density at radius 3 is 2.36 bits per heavy atom. The molecule has 4 aromatic rings. The zero-order chi connectivity index (χ0) is 23.0. The van der Waals surface area contributed by atoms with Gasteiger partial charge in [-0.1, -0.05) is 6.07 Å². The molecule has 0 saturated heterocycles. The number of fused-ring (bicyclic) bond motifs is 1. The second kappa shape index (κ2) is 7.99. The first-order valence-corrected chi connectivity index (χ1v) is 11.3. The highest BCUT2D eigenvalue weighted by atomic mass is 32.2. The molecule has 1 N–H and O–H groups in total. The number of carbonyl (C=O) groups is 2. The predicted octanol–water partition coefficient (Wildman–Crippen LogP) is 3.33. The average Bonchev–Trinajstić information content (AvgIpc) is 3.44. The van der Waals surface area contributed by atoms with E-state index in [0.29, 0.717) is 11.3 Å². The molecule has 0 fully saturated rings. The molecule has 33 heavy (non-hydrogen) atoms. The summed E-state index contributed by atoms with van der Waals surface area (Å²) in [6, 6.07) is 13.9. The summed E-state index contributed by atoms with van der Waals surface area (Å²) in [6.45, 7) is 0.0597. The number of aromatic nitrogens is 2. The van der Waals surface area contributed by atoms with Crippen LogP contribution in [0.2, 0.25) is 0 Å². The molecular formula is C23H16N4O5S. The minimum absolute atomic E-state index is 0.00576. The van der Waals surface area contributed by atoms with E-state index in [9.17, 15) is 18.0 Å². The van der Waals surface area contributed by atoms with Crippen LogP contribution in [0.25, 0.3) is 11.3 Å². The highest BCUT2D eigenvalue weighted by Gasteiger charge is 2.38. The summed E-state index contributed by atoms with van der Waals surface area (Å²) in [6.07, 6.45) is 5.95. The predicted molar refractivity (Wildman–Crippen MR) is 118 cm³/mol. The first kappa shape index (κ1) is 20.6. The van der Waals surface area contributed by atoms with Gasteiger partial charge < -0.3 is 4.42 Å². The molecule has 0 bridgehead atoms. The Hall–Kier alpha value is -4.31. The summed E-state index contributed by atoms with van der Waals surface area (Å²) < 4.78 is 33.7. The number of nitrogens with zero attached hydrogens (tertiary/aromatic N) is 3. The SMILES string of the molecule is O=C1c2cccc(NS(=O)(=O)c3ccc(-c4cnco4)cc3)c2C(=O)N1Cc1ccncc1.